The normalized spacial score (nSPS) is 14.3. The quantitative estimate of drug-likeness (QED) is 0.828. The third-order valence-corrected chi connectivity index (χ3v) is 2.75. The van der Waals surface area contributed by atoms with Gasteiger partial charge < -0.3 is 9.47 Å². The Morgan fingerprint density at radius 2 is 2.00 bits per heavy atom. The molecule has 0 radical (unpaired) electrons. The number of hydrogen-bond donors (Lipinski definition) is 0. The summed E-state index contributed by atoms with van der Waals surface area (Å²) in [6, 6.07) is 4.92. The molecule has 1 aromatic rings. The predicted molar refractivity (Wildman–Crippen MR) is 70.4 cm³/mol. The summed E-state index contributed by atoms with van der Waals surface area (Å²) in [5.41, 5.74) is 1.84. The van der Waals surface area contributed by atoms with Crippen LogP contribution in [0.4, 0.5) is 13.2 Å². The zero-order valence-corrected chi connectivity index (χ0v) is 11.0. The minimum atomic E-state index is -4.32. The van der Waals surface area contributed by atoms with Crippen LogP contribution in [0.5, 0.6) is 5.75 Å². The minimum Gasteiger partial charge on any atom is -0.494 e. The van der Waals surface area contributed by atoms with Gasteiger partial charge in [-0.3, -0.25) is 0 Å². The molecule has 0 N–H and O–H groups in total. The van der Waals surface area contributed by atoms with E-state index in [2.05, 4.69) is 0 Å². The van der Waals surface area contributed by atoms with Crippen LogP contribution in [0.25, 0.3) is 6.08 Å². The predicted octanol–water partition coefficient (Wildman–Crippen LogP) is 4.12. The van der Waals surface area contributed by atoms with Crippen molar-refractivity contribution >= 4 is 6.08 Å². The second-order valence-corrected chi connectivity index (χ2v) is 4.35. The Hall–Kier alpha value is -1.91. The summed E-state index contributed by atoms with van der Waals surface area (Å²) in [5, 5.41) is 0. The van der Waals surface area contributed by atoms with E-state index in [1.54, 1.807) is 12.1 Å². The van der Waals surface area contributed by atoms with Crippen LogP contribution in [0.1, 0.15) is 18.1 Å². The molecule has 0 atom stereocenters. The summed E-state index contributed by atoms with van der Waals surface area (Å²) < 4.78 is 46.5. The monoisotopic (exact) mass is 284 g/mol. The van der Waals surface area contributed by atoms with Crippen molar-refractivity contribution in [1.29, 1.82) is 0 Å². The van der Waals surface area contributed by atoms with Crippen molar-refractivity contribution in [2.45, 2.75) is 19.5 Å². The molecule has 0 aliphatic heterocycles. The molecule has 20 heavy (non-hydrogen) atoms. The lowest BCUT2D eigenvalue weighted by molar-refractivity contribution is -0.153. The summed E-state index contributed by atoms with van der Waals surface area (Å²) in [7, 11) is 0. The number of benzene rings is 1. The lowest BCUT2D eigenvalue weighted by Crippen LogP contribution is -2.19. The number of rotatable bonds is 4. The topological polar surface area (TPSA) is 18.5 Å². The molecule has 0 unspecified atom stereocenters. The highest BCUT2D eigenvalue weighted by Gasteiger charge is 2.28. The molecule has 5 heteroatoms. The first-order chi connectivity index (χ1) is 9.48. The molecule has 0 heterocycles. The van der Waals surface area contributed by atoms with Gasteiger partial charge in [0.1, 0.15) is 11.5 Å². The summed E-state index contributed by atoms with van der Waals surface area (Å²) in [6.07, 6.45) is 1.96. The van der Waals surface area contributed by atoms with Gasteiger partial charge in [0.15, 0.2) is 6.61 Å². The molecule has 1 aliphatic carbocycles. The van der Waals surface area contributed by atoms with Crippen LogP contribution in [0.2, 0.25) is 0 Å². The van der Waals surface area contributed by atoms with Gasteiger partial charge in [-0.2, -0.15) is 13.2 Å². The van der Waals surface area contributed by atoms with E-state index in [-0.39, 0.29) is 5.75 Å². The van der Waals surface area contributed by atoms with Gasteiger partial charge in [-0.05, 0) is 48.8 Å². The van der Waals surface area contributed by atoms with E-state index < -0.39 is 12.8 Å². The van der Waals surface area contributed by atoms with Gasteiger partial charge in [0, 0.05) is 0 Å². The number of allylic oxidation sites excluding steroid dienone is 2. The van der Waals surface area contributed by atoms with E-state index >= 15 is 0 Å². The lowest BCUT2D eigenvalue weighted by Gasteiger charge is -2.11. The van der Waals surface area contributed by atoms with Crippen LogP contribution >= 0.6 is 0 Å². The largest absolute Gasteiger partial charge is 0.494 e. The Morgan fingerprint density at radius 3 is 2.70 bits per heavy atom. The molecular formula is C15H15F3O2. The molecule has 1 aliphatic rings. The molecule has 0 spiro atoms. The molecule has 2 nitrogen and oxygen atoms in total. The van der Waals surface area contributed by atoms with Crippen molar-refractivity contribution in [3.63, 3.8) is 0 Å². The number of halogens is 3. The fourth-order valence-electron chi connectivity index (χ4n) is 1.91. The average Bonchev–Trinajstić information content (AvgIpc) is 2.57. The van der Waals surface area contributed by atoms with Crippen LogP contribution in [0, 0.1) is 0 Å². The smallest absolute Gasteiger partial charge is 0.422 e. The van der Waals surface area contributed by atoms with Crippen molar-refractivity contribution < 1.29 is 22.6 Å². The van der Waals surface area contributed by atoms with Crippen molar-refractivity contribution in [2.24, 2.45) is 0 Å². The molecular weight excluding hydrogens is 269 g/mol. The van der Waals surface area contributed by atoms with Crippen LogP contribution in [-0.2, 0) is 11.2 Å². The molecule has 0 saturated heterocycles. The first-order valence-electron chi connectivity index (χ1n) is 6.31. The average molecular weight is 284 g/mol. The molecule has 0 amide bonds. The third-order valence-electron chi connectivity index (χ3n) is 2.75. The summed E-state index contributed by atoms with van der Waals surface area (Å²) >= 11 is 0. The standard InChI is InChI=1S/C15H15F3O2/c1-2-19-13-5-3-4-11-8-14(7-6-12(11)9-13)20-10-15(16,17)18/h3,5-9H,2,4,10H2,1H3. The van der Waals surface area contributed by atoms with Crippen molar-refractivity contribution in [3.8, 4) is 5.75 Å². The highest BCUT2D eigenvalue weighted by Crippen LogP contribution is 2.25. The first-order valence-corrected chi connectivity index (χ1v) is 6.31. The first kappa shape index (κ1) is 14.5. The molecule has 0 saturated carbocycles. The highest BCUT2D eigenvalue weighted by atomic mass is 19.4. The molecule has 108 valence electrons. The second-order valence-electron chi connectivity index (χ2n) is 4.35. The Kier molecular flexibility index (Phi) is 4.37. The molecule has 0 aromatic heterocycles. The van der Waals surface area contributed by atoms with E-state index in [1.807, 2.05) is 25.2 Å². The Morgan fingerprint density at radius 1 is 1.20 bits per heavy atom. The van der Waals surface area contributed by atoms with E-state index in [1.165, 1.54) is 6.07 Å². The summed E-state index contributed by atoms with van der Waals surface area (Å²) in [6.45, 7) is 1.19. The maximum absolute atomic E-state index is 12.1. The van der Waals surface area contributed by atoms with Gasteiger partial charge in [-0.25, -0.2) is 0 Å². The maximum Gasteiger partial charge on any atom is 0.422 e. The summed E-state index contributed by atoms with van der Waals surface area (Å²) in [5.74, 6) is 0.970. The molecule has 0 fully saturated rings. The van der Waals surface area contributed by atoms with Gasteiger partial charge in [0.2, 0.25) is 0 Å². The van der Waals surface area contributed by atoms with Gasteiger partial charge in [0.25, 0.3) is 0 Å². The number of alkyl halides is 3. The van der Waals surface area contributed by atoms with Crippen molar-refractivity contribution in [1.82, 2.24) is 0 Å². The Balaban J connectivity index is 2.16. The third kappa shape index (κ3) is 4.05. The van der Waals surface area contributed by atoms with E-state index in [4.69, 9.17) is 9.47 Å². The number of ether oxygens (including phenoxy) is 2. The molecule has 0 bridgehead atoms. The van der Waals surface area contributed by atoms with Gasteiger partial charge >= 0.3 is 6.18 Å². The van der Waals surface area contributed by atoms with Crippen molar-refractivity contribution in [2.75, 3.05) is 13.2 Å². The summed E-state index contributed by atoms with van der Waals surface area (Å²) in [4.78, 5) is 0. The Labute approximate surface area is 115 Å². The fraction of sp³-hybridized carbons (Fsp3) is 0.333. The maximum atomic E-state index is 12.1. The zero-order chi connectivity index (χ0) is 14.6. The zero-order valence-electron chi connectivity index (χ0n) is 11.0. The van der Waals surface area contributed by atoms with Crippen LogP contribution in [0.15, 0.2) is 36.1 Å². The minimum absolute atomic E-state index is 0.225. The fourth-order valence-corrected chi connectivity index (χ4v) is 1.91. The lowest BCUT2D eigenvalue weighted by atomic mass is 10.0. The van der Waals surface area contributed by atoms with Crippen LogP contribution in [-0.4, -0.2) is 19.4 Å². The number of fused-ring (bicyclic) bond motifs is 1. The molecule has 2 rings (SSSR count). The van der Waals surface area contributed by atoms with E-state index in [0.717, 1.165) is 16.9 Å². The van der Waals surface area contributed by atoms with Crippen LogP contribution in [0.3, 0.4) is 0 Å². The van der Waals surface area contributed by atoms with Gasteiger partial charge in [-0.15, -0.1) is 0 Å². The molecule has 1 aromatic carbocycles. The van der Waals surface area contributed by atoms with E-state index in [9.17, 15) is 13.2 Å². The second kappa shape index (κ2) is 6.03. The van der Waals surface area contributed by atoms with Crippen molar-refractivity contribution in [3.05, 3.63) is 47.2 Å². The Bertz CT molecular complexity index is 530. The van der Waals surface area contributed by atoms with E-state index in [0.29, 0.717) is 13.0 Å². The number of hydrogen-bond acceptors (Lipinski definition) is 2. The van der Waals surface area contributed by atoms with Crippen LogP contribution < -0.4 is 4.74 Å². The van der Waals surface area contributed by atoms with Gasteiger partial charge in [0.05, 0.1) is 6.61 Å². The SMILES string of the molecule is CCOC1=Cc2ccc(OCC(F)(F)F)cc2CC=C1. The van der Waals surface area contributed by atoms with Gasteiger partial charge in [-0.1, -0.05) is 12.1 Å². The highest BCUT2D eigenvalue weighted by molar-refractivity contribution is 5.61.